The van der Waals surface area contributed by atoms with Crippen LogP contribution in [0.5, 0.6) is 5.75 Å². The zero-order valence-corrected chi connectivity index (χ0v) is 13.5. The van der Waals surface area contributed by atoms with Crippen LogP contribution in [0.3, 0.4) is 0 Å². The van der Waals surface area contributed by atoms with E-state index in [0.717, 1.165) is 35.4 Å². The minimum Gasteiger partial charge on any atom is -0.496 e. The molecule has 1 rings (SSSR count). The van der Waals surface area contributed by atoms with Crippen molar-refractivity contribution in [2.75, 3.05) is 13.7 Å². The molecule has 0 spiro atoms. The van der Waals surface area contributed by atoms with Gasteiger partial charge >= 0.3 is 0 Å². The molecule has 112 valence electrons. The number of benzene rings is 1. The lowest BCUT2D eigenvalue weighted by atomic mass is 9.96. The van der Waals surface area contributed by atoms with Gasteiger partial charge < -0.3 is 10.1 Å². The fourth-order valence-corrected chi connectivity index (χ4v) is 2.14. The van der Waals surface area contributed by atoms with E-state index in [-0.39, 0.29) is 5.91 Å². The summed E-state index contributed by atoms with van der Waals surface area (Å²) in [7, 11) is 1.67. The molecule has 0 fully saturated rings. The second-order valence-electron chi connectivity index (χ2n) is 6.00. The molecule has 0 aliphatic heterocycles. The van der Waals surface area contributed by atoms with Gasteiger partial charge in [0.05, 0.1) is 7.11 Å². The van der Waals surface area contributed by atoms with Gasteiger partial charge in [-0.2, -0.15) is 0 Å². The largest absolute Gasteiger partial charge is 0.496 e. The van der Waals surface area contributed by atoms with Gasteiger partial charge in [0.2, 0.25) is 0 Å². The lowest BCUT2D eigenvalue weighted by molar-refractivity contribution is 0.0951. The van der Waals surface area contributed by atoms with Crippen molar-refractivity contribution in [3.63, 3.8) is 0 Å². The molecule has 3 nitrogen and oxygen atoms in total. The molecular weight excluding hydrogens is 250 g/mol. The molecule has 1 aromatic rings. The molecule has 20 heavy (non-hydrogen) atoms. The molecule has 0 aliphatic carbocycles. The molecule has 3 heteroatoms. The van der Waals surface area contributed by atoms with Gasteiger partial charge in [0.1, 0.15) is 5.75 Å². The zero-order chi connectivity index (χ0) is 15.3. The Kier molecular flexibility index (Phi) is 6.05. The van der Waals surface area contributed by atoms with Crippen molar-refractivity contribution >= 4 is 5.91 Å². The van der Waals surface area contributed by atoms with Crippen molar-refractivity contribution in [1.82, 2.24) is 5.32 Å². The van der Waals surface area contributed by atoms with E-state index in [2.05, 4.69) is 33.0 Å². The third-order valence-corrected chi connectivity index (χ3v) is 3.45. The number of methoxy groups -OCH3 is 1. The molecule has 0 saturated carbocycles. The SMILES string of the molecule is COc1cc(C)c(C(=O)NCCC(C)C)cc1C(C)C. The third-order valence-electron chi connectivity index (χ3n) is 3.45. The van der Waals surface area contributed by atoms with E-state index in [1.165, 1.54) is 0 Å². The summed E-state index contributed by atoms with van der Waals surface area (Å²) >= 11 is 0. The Morgan fingerprint density at radius 1 is 1.25 bits per heavy atom. The van der Waals surface area contributed by atoms with Crippen molar-refractivity contribution in [3.05, 3.63) is 28.8 Å². The predicted molar refractivity (Wildman–Crippen MR) is 83.6 cm³/mol. The Morgan fingerprint density at radius 3 is 2.40 bits per heavy atom. The topological polar surface area (TPSA) is 38.3 Å². The van der Waals surface area contributed by atoms with Gasteiger partial charge in [0, 0.05) is 12.1 Å². The van der Waals surface area contributed by atoms with Crippen molar-refractivity contribution in [1.29, 1.82) is 0 Å². The summed E-state index contributed by atoms with van der Waals surface area (Å²) in [5.74, 6) is 1.79. The summed E-state index contributed by atoms with van der Waals surface area (Å²) < 4.78 is 5.40. The number of carbonyl (C=O) groups is 1. The Balaban J connectivity index is 2.94. The van der Waals surface area contributed by atoms with E-state index in [4.69, 9.17) is 4.74 Å². The summed E-state index contributed by atoms with van der Waals surface area (Å²) in [6, 6.07) is 3.91. The summed E-state index contributed by atoms with van der Waals surface area (Å²) in [5.41, 5.74) is 2.78. The molecule has 0 saturated heterocycles. The number of carbonyl (C=O) groups excluding carboxylic acids is 1. The van der Waals surface area contributed by atoms with E-state index in [1.807, 2.05) is 19.1 Å². The third kappa shape index (κ3) is 4.26. The van der Waals surface area contributed by atoms with Gasteiger partial charge in [-0.15, -0.1) is 0 Å². The highest BCUT2D eigenvalue weighted by Gasteiger charge is 2.15. The highest BCUT2D eigenvalue weighted by atomic mass is 16.5. The monoisotopic (exact) mass is 277 g/mol. The van der Waals surface area contributed by atoms with E-state index in [1.54, 1.807) is 7.11 Å². The molecule has 0 aliphatic rings. The first-order valence-corrected chi connectivity index (χ1v) is 7.33. The molecule has 0 aromatic heterocycles. The first-order valence-electron chi connectivity index (χ1n) is 7.33. The predicted octanol–water partition coefficient (Wildman–Crippen LogP) is 3.90. The number of amides is 1. The molecule has 1 aromatic carbocycles. The normalized spacial score (nSPS) is 11.0. The molecule has 0 radical (unpaired) electrons. The van der Waals surface area contributed by atoms with Crippen molar-refractivity contribution in [2.24, 2.45) is 5.92 Å². The molecule has 0 bridgehead atoms. The van der Waals surface area contributed by atoms with Gasteiger partial charge in [-0.25, -0.2) is 0 Å². The smallest absolute Gasteiger partial charge is 0.251 e. The van der Waals surface area contributed by atoms with Gasteiger partial charge in [-0.3, -0.25) is 4.79 Å². The van der Waals surface area contributed by atoms with Crippen LogP contribution in [-0.2, 0) is 0 Å². The second-order valence-corrected chi connectivity index (χ2v) is 6.00. The summed E-state index contributed by atoms with van der Waals surface area (Å²) in [5, 5.41) is 2.99. The maximum Gasteiger partial charge on any atom is 0.251 e. The van der Waals surface area contributed by atoms with Crippen LogP contribution < -0.4 is 10.1 Å². The van der Waals surface area contributed by atoms with E-state index in [0.29, 0.717) is 11.8 Å². The number of hydrogen-bond acceptors (Lipinski definition) is 2. The maximum absolute atomic E-state index is 12.3. The first-order chi connectivity index (χ1) is 9.36. The van der Waals surface area contributed by atoms with Gasteiger partial charge in [0.15, 0.2) is 0 Å². The van der Waals surface area contributed by atoms with Crippen LogP contribution in [0, 0.1) is 12.8 Å². The summed E-state index contributed by atoms with van der Waals surface area (Å²) in [4.78, 5) is 12.3. The fourth-order valence-electron chi connectivity index (χ4n) is 2.14. The van der Waals surface area contributed by atoms with Crippen molar-refractivity contribution in [3.8, 4) is 5.75 Å². The van der Waals surface area contributed by atoms with Crippen molar-refractivity contribution < 1.29 is 9.53 Å². The average Bonchev–Trinajstić information content (AvgIpc) is 2.37. The lowest BCUT2D eigenvalue weighted by Crippen LogP contribution is -2.26. The number of aryl methyl sites for hydroxylation is 1. The highest BCUT2D eigenvalue weighted by molar-refractivity contribution is 5.96. The van der Waals surface area contributed by atoms with Gasteiger partial charge in [-0.05, 0) is 48.4 Å². The van der Waals surface area contributed by atoms with E-state index < -0.39 is 0 Å². The molecule has 0 unspecified atom stereocenters. The van der Waals surface area contributed by atoms with Crippen LogP contribution in [0.2, 0.25) is 0 Å². The maximum atomic E-state index is 12.3. The molecule has 0 atom stereocenters. The first kappa shape index (κ1) is 16.5. The lowest BCUT2D eigenvalue weighted by Gasteiger charge is -2.16. The summed E-state index contributed by atoms with van der Waals surface area (Å²) in [6.07, 6.45) is 0.998. The highest BCUT2D eigenvalue weighted by Crippen LogP contribution is 2.29. The number of rotatable bonds is 6. The van der Waals surface area contributed by atoms with Crippen LogP contribution in [-0.4, -0.2) is 19.6 Å². The average molecular weight is 277 g/mol. The standard InChI is InChI=1S/C17H27NO2/c1-11(2)7-8-18-17(19)15-10-14(12(3)4)16(20-6)9-13(15)5/h9-12H,7-8H2,1-6H3,(H,18,19). The molecular formula is C17H27NO2. The van der Waals surface area contributed by atoms with Crippen molar-refractivity contribution in [2.45, 2.75) is 47.0 Å². The van der Waals surface area contributed by atoms with E-state index in [9.17, 15) is 4.79 Å². The van der Waals surface area contributed by atoms with Gasteiger partial charge in [-0.1, -0.05) is 27.7 Å². The van der Waals surface area contributed by atoms with Crippen LogP contribution in [0.15, 0.2) is 12.1 Å². The number of ether oxygens (including phenoxy) is 1. The Morgan fingerprint density at radius 2 is 1.90 bits per heavy atom. The quantitative estimate of drug-likeness (QED) is 0.856. The summed E-state index contributed by atoms with van der Waals surface area (Å²) in [6.45, 7) is 11.2. The fraction of sp³-hybridized carbons (Fsp3) is 0.588. The Hall–Kier alpha value is -1.51. The minimum atomic E-state index is 0.00713. The van der Waals surface area contributed by atoms with Crippen LogP contribution in [0.4, 0.5) is 0 Å². The zero-order valence-electron chi connectivity index (χ0n) is 13.5. The Bertz CT molecular complexity index is 464. The minimum absolute atomic E-state index is 0.00713. The van der Waals surface area contributed by atoms with Crippen LogP contribution in [0.25, 0.3) is 0 Å². The van der Waals surface area contributed by atoms with Gasteiger partial charge in [0.25, 0.3) is 5.91 Å². The van der Waals surface area contributed by atoms with E-state index >= 15 is 0 Å². The second kappa shape index (κ2) is 7.32. The molecule has 0 heterocycles. The molecule has 1 amide bonds. The molecule has 1 N–H and O–H groups in total. The Labute approximate surface area is 122 Å². The number of hydrogen-bond donors (Lipinski definition) is 1. The number of nitrogens with one attached hydrogen (secondary N) is 1. The van der Waals surface area contributed by atoms with Crippen LogP contribution >= 0.6 is 0 Å². The van der Waals surface area contributed by atoms with Crippen LogP contribution in [0.1, 0.15) is 61.5 Å².